The number of benzene rings is 2. The van der Waals surface area contributed by atoms with Crippen LogP contribution in [-0.4, -0.2) is 11.2 Å². The first-order valence-corrected chi connectivity index (χ1v) is 7.34. The van der Waals surface area contributed by atoms with Gasteiger partial charge in [-0.3, -0.25) is 4.79 Å². The second-order valence-electron chi connectivity index (χ2n) is 4.66. The zero-order valence-electron chi connectivity index (χ0n) is 12.0. The summed E-state index contributed by atoms with van der Waals surface area (Å²) in [6, 6.07) is 4.67. The van der Waals surface area contributed by atoms with E-state index < -0.39 is 51.0 Å². The van der Waals surface area contributed by atoms with Gasteiger partial charge in [0, 0.05) is 5.69 Å². The van der Waals surface area contributed by atoms with Crippen LogP contribution >= 0.6 is 11.8 Å². The van der Waals surface area contributed by atoms with Gasteiger partial charge in [0.1, 0.15) is 5.82 Å². The lowest BCUT2D eigenvalue weighted by Crippen LogP contribution is -2.23. The van der Waals surface area contributed by atoms with Crippen LogP contribution in [0.15, 0.2) is 29.2 Å². The third-order valence-corrected chi connectivity index (χ3v) is 4.11. The van der Waals surface area contributed by atoms with Gasteiger partial charge in [0.25, 0.3) is 0 Å². The van der Waals surface area contributed by atoms with Crippen molar-refractivity contribution in [3.63, 3.8) is 0 Å². The second kappa shape index (κ2) is 7.16. The summed E-state index contributed by atoms with van der Waals surface area (Å²) in [5.74, 6) is -11.7. The van der Waals surface area contributed by atoms with Crippen molar-refractivity contribution < 1.29 is 31.1 Å². The molecule has 1 amide bonds. The molecule has 0 saturated carbocycles. The average molecular weight is 365 g/mol. The minimum Gasteiger partial charge on any atom is -0.325 e. The van der Waals surface area contributed by atoms with Gasteiger partial charge in [-0.05, 0) is 31.2 Å². The molecule has 2 aromatic rings. The van der Waals surface area contributed by atoms with Crippen LogP contribution in [0.4, 0.5) is 32.0 Å². The van der Waals surface area contributed by atoms with Crippen molar-refractivity contribution in [2.45, 2.75) is 17.1 Å². The topological polar surface area (TPSA) is 29.1 Å². The molecular weight excluding hydrogens is 356 g/mol. The summed E-state index contributed by atoms with van der Waals surface area (Å²) in [5, 5.41) is 1.16. The first kappa shape index (κ1) is 18.2. The molecule has 0 radical (unpaired) electrons. The van der Waals surface area contributed by atoms with E-state index in [1.54, 1.807) is 0 Å². The molecule has 0 fully saturated rings. The second-order valence-corrected chi connectivity index (χ2v) is 6.01. The van der Waals surface area contributed by atoms with Crippen LogP contribution in [0.1, 0.15) is 6.92 Å². The Hall–Kier alpha value is -2.16. The van der Waals surface area contributed by atoms with E-state index in [9.17, 15) is 31.1 Å². The molecule has 0 aliphatic carbocycles. The number of halogens is 6. The molecule has 2 aromatic carbocycles. The van der Waals surface area contributed by atoms with Crippen molar-refractivity contribution in [1.29, 1.82) is 0 Å². The van der Waals surface area contributed by atoms with Gasteiger partial charge in [-0.25, -0.2) is 26.3 Å². The SMILES string of the molecule is C[C@H](Sc1c(F)c(F)c(F)c(F)c1F)C(=O)Nc1ccc(F)cc1. The maximum Gasteiger partial charge on any atom is 0.237 e. The van der Waals surface area contributed by atoms with Crippen LogP contribution in [0.5, 0.6) is 0 Å². The number of anilines is 1. The number of rotatable bonds is 4. The van der Waals surface area contributed by atoms with Crippen molar-refractivity contribution in [2.75, 3.05) is 5.32 Å². The number of hydrogen-bond acceptors (Lipinski definition) is 2. The van der Waals surface area contributed by atoms with Gasteiger partial charge in [-0.2, -0.15) is 0 Å². The highest BCUT2D eigenvalue weighted by molar-refractivity contribution is 8.00. The Morgan fingerprint density at radius 2 is 1.33 bits per heavy atom. The molecule has 1 N–H and O–H groups in total. The van der Waals surface area contributed by atoms with Gasteiger partial charge in [-0.15, -0.1) is 11.8 Å². The third kappa shape index (κ3) is 3.66. The van der Waals surface area contributed by atoms with E-state index in [0.29, 0.717) is 0 Å². The number of hydrogen-bond donors (Lipinski definition) is 1. The Morgan fingerprint density at radius 3 is 1.83 bits per heavy atom. The molecule has 2 nitrogen and oxygen atoms in total. The van der Waals surface area contributed by atoms with Crippen molar-refractivity contribution in [3.8, 4) is 0 Å². The Labute approximate surface area is 136 Å². The molecule has 0 bridgehead atoms. The summed E-state index contributed by atoms with van der Waals surface area (Å²) in [5.41, 5.74) is 0.214. The molecule has 0 aliphatic rings. The van der Waals surface area contributed by atoms with Gasteiger partial charge in [0.15, 0.2) is 23.3 Å². The van der Waals surface area contributed by atoms with Gasteiger partial charge in [0.05, 0.1) is 10.1 Å². The van der Waals surface area contributed by atoms with Crippen molar-refractivity contribution in [3.05, 3.63) is 59.2 Å². The first-order valence-electron chi connectivity index (χ1n) is 6.47. The standard InChI is InChI=1S/C15H9F6NOS/c1-6(15(23)22-8-4-2-7(16)3-5-8)24-14-12(20)10(18)9(17)11(19)13(14)21/h2-6H,1H3,(H,22,23)/t6-/m0/s1. The maximum atomic E-state index is 13.6. The fourth-order valence-electron chi connectivity index (χ4n) is 1.70. The van der Waals surface area contributed by atoms with Gasteiger partial charge in [-0.1, -0.05) is 0 Å². The normalized spacial score (nSPS) is 12.1. The zero-order valence-corrected chi connectivity index (χ0v) is 12.8. The van der Waals surface area contributed by atoms with Gasteiger partial charge in [0.2, 0.25) is 11.7 Å². The van der Waals surface area contributed by atoms with E-state index in [2.05, 4.69) is 5.32 Å². The summed E-state index contributed by atoms with van der Waals surface area (Å²) in [6.45, 7) is 1.22. The number of nitrogens with one attached hydrogen (secondary N) is 1. The molecular formula is C15H9F6NOS. The van der Waals surface area contributed by atoms with Gasteiger partial charge >= 0.3 is 0 Å². The molecule has 1 atom stereocenters. The summed E-state index contributed by atoms with van der Waals surface area (Å²) in [6.07, 6.45) is 0. The number of carbonyl (C=O) groups is 1. The summed E-state index contributed by atoms with van der Waals surface area (Å²) >= 11 is 0.182. The third-order valence-electron chi connectivity index (χ3n) is 2.95. The molecule has 0 saturated heterocycles. The quantitative estimate of drug-likeness (QED) is 0.370. The van der Waals surface area contributed by atoms with E-state index in [4.69, 9.17) is 0 Å². The average Bonchev–Trinajstić information content (AvgIpc) is 2.57. The monoisotopic (exact) mass is 365 g/mol. The van der Waals surface area contributed by atoms with E-state index in [-0.39, 0.29) is 17.4 Å². The highest BCUT2D eigenvalue weighted by Gasteiger charge is 2.28. The minimum atomic E-state index is -2.27. The Kier molecular flexibility index (Phi) is 5.43. The fourth-order valence-corrected chi connectivity index (χ4v) is 2.60. The molecule has 0 unspecified atom stereocenters. The Bertz CT molecular complexity index is 752. The Balaban J connectivity index is 2.19. The lowest BCUT2D eigenvalue weighted by molar-refractivity contribution is -0.115. The lowest BCUT2D eigenvalue weighted by atomic mass is 10.3. The van der Waals surface area contributed by atoms with Crippen molar-refractivity contribution in [1.82, 2.24) is 0 Å². The van der Waals surface area contributed by atoms with Crippen LogP contribution in [0.3, 0.4) is 0 Å². The molecule has 24 heavy (non-hydrogen) atoms. The highest BCUT2D eigenvalue weighted by atomic mass is 32.2. The smallest absolute Gasteiger partial charge is 0.237 e. The maximum absolute atomic E-state index is 13.6. The number of amides is 1. The molecule has 0 heterocycles. The molecule has 0 aromatic heterocycles. The molecule has 2 rings (SSSR count). The van der Waals surface area contributed by atoms with E-state index in [1.807, 2.05) is 0 Å². The zero-order chi connectivity index (χ0) is 18.0. The number of thioether (sulfide) groups is 1. The van der Waals surface area contributed by atoms with E-state index in [0.717, 1.165) is 12.1 Å². The molecule has 9 heteroatoms. The van der Waals surface area contributed by atoms with Crippen molar-refractivity contribution >= 4 is 23.4 Å². The van der Waals surface area contributed by atoms with Crippen LogP contribution < -0.4 is 5.32 Å². The summed E-state index contributed by atoms with van der Waals surface area (Å²) in [4.78, 5) is 10.8. The first-order chi connectivity index (χ1) is 11.2. The predicted octanol–water partition coefficient (Wildman–Crippen LogP) is 4.64. The van der Waals surface area contributed by atoms with Crippen LogP contribution in [0, 0.1) is 34.9 Å². The Morgan fingerprint density at radius 1 is 0.875 bits per heavy atom. The summed E-state index contributed by atoms with van der Waals surface area (Å²) < 4.78 is 79.2. The summed E-state index contributed by atoms with van der Waals surface area (Å²) in [7, 11) is 0. The van der Waals surface area contributed by atoms with Crippen molar-refractivity contribution in [2.24, 2.45) is 0 Å². The molecule has 0 spiro atoms. The minimum absolute atomic E-state index is 0.182. The fraction of sp³-hybridized carbons (Fsp3) is 0.133. The van der Waals surface area contributed by atoms with Gasteiger partial charge < -0.3 is 5.32 Å². The van der Waals surface area contributed by atoms with Crippen LogP contribution in [0.25, 0.3) is 0 Å². The van der Waals surface area contributed by atoms with Crippen LogP contribution in [0.2, 0.25) is 0 Å². The molecule has 128 valence electrons. The number of carbonyl (C=O) groups excluding carboxylic acids is 1. The predicted molar refractivity (Wildman–Crippen MR) is 76.6 cm³/mol. The largest absolute Gasteiger partial charge is 0.325 e. The lowest BCUT2D eigenvalue weighted by Gasteiger charge is -2.14. The molecule has 0 aliphatic heterocycles. The highest BCUT2D eigenvalue weighted by Crippen LogP contribution is 2.33. The van der Waals surface area contributed by atoms with Crippen LogP contribution in [-0.2, 0) is 4.79 Å². The van der Waals surface area contributed by atoms with E-state index >= 15 is 0 Å². The van der Waals surface area contributed by atoms with E-state index in [1.165, 1.54) is 19.1 Å².